The second-order valence-corrected chi connectivity index (χ2v) is 9.46. The zero-order valence-electron chi connectivity index (χ0n) is 16.6. The molecule has 160 valence electrons. The van der Waals surface area contributed by atoms with Crippen molar-refractivity contribution in [2.45, 2.75) is 31.4 Å². The summed E-state index contributed by atoms with van der Waals surface area (Å²) in [5.41, 5.74) is 0.976. The van der Waals surface area contributed by atoms with Gasteiger partial charge in [-0.05, 0) is 18.4 Å². The molecule has 0 unspecified atom stereocenters. The molecule has 0 spiro atoms. The first kappa shape index (κ1) is 21.1. The van der Waals surface area contributed by atoms with Crippen molar-refractivity contribution < 1.29 is 14.3 Å². The molecule has 4 rings (SSSR count). The van der Waals surface area contributed by atoms with Gasteiger partial charge in [0, 0.05) is 37.6 Å². The number of anilines is 1. The lowest BCUT2D eigenvalue weighted by Gasteiger charge is -2.28. The highest BCUT2D eigenvalue weighted by atomic mass is 32.2. The maximum absolute atomic E-state index is 13.0. The smallest absolute Gasteiger partial charge is 0.318 e. The largest absolute Gasteiger partial charge is 0.371 e. The first-order chi connectivity index (χ1) is 14.7. The lowest BCUT2D eigenvalue weighted by Crippen LogP contribution is -2.52. The quantitative estimate of drug-likeness (QED) is 0.707. The molecule has 8 nitrogen and oxygen atoms in total. The Labute approximate surface area is 183 Å². The molecule has 30 heavy (non-hydrogen) atoms. The number of carbonyl (C=O) groups is 2. The normalized spacial score (nSPS) is 20.0. The lowest BCUT2D eigenvalue weighted by atomic mass is 10.1. The van der Waals surface area contributed by atoms with Crippen LogP contribution in [0.25, 0.3) is 0 Å². The molecule has 2 saturated heterocycles. The molecule has 2 aliphatic heterocycles. The summed E-state index contributed by atoms with van der Waals surface area (Å²) in [6, 6.07) is 8.76. The summed E-state index contributed by atoms with van der Waals surface area (Å²) in [5.74, 6) is 1.54. The molecule has 0 radical (unpaired) electrons. The van der Waals surface area contributed by atoms with Crippen LogP contribution in [0.3, 0.4) is 0 Å². The molecule has 0 saturated carbocycles. The van der Waals surface area contributed by atoms with Crippen molar-refractivity contribution in [2.75, 3.05) is 36.5 Å². The van der Waals surface area contributed by atoms with Crippen LogP contribution < -0.4 is 10.6 Å². The van der Waals surface area contributed by atoms with Gasteiger partial charge < -0.3 is 15.0 Å². The van der Waals surface area contributed by atoms with Gasteiger partial charge in [0.2, 0.25) is 11.0 Å². The van der Waals surface area contributed by atoms with Crippen molar-refractivity contribution in [1.82, 2.24) is 20.4 Å². The molecule has 0 aliphatic carbocycles. The van der Waals surface area contributed by atoms with Crippen LogP contribution in [0.15, 0.2) is 30.3 Å². The number of nitrogens with zero attached hydrogens (tertiary/aromatic N) is 3. The van der Waals surface area contributed by atoms with Gasteiger partial charge in [0.05, 0.1) is 0 Å². The molecule has 3 heterocycles. The van der Waals surface area contributed by atoms with Crippen molar-refractivity contribution in [3.8, 4) is 0 Å². The number of nitrogens with one attached hydrogen (secondary N) is 2. The average molecular weight is 448 g/mol. The van der Waals surface area contributed by atoms with E-state index in [4.69, 9.17) is 4.74 Å². The third kappa shape index (κ3) is 5.50. The van der Waals surface area contributed by atoms with Gasteiger partial charge in [-0.25, -0.2) is 4.79 Å². The van der Waals surface area contributed by atoms with E-state index in [1.807, 2.05) is 42.1 Å². The second-order valence-electron chi connectivity index (χ2n) is 7.23. The van der Waals surface area contributed by atoms with Crippen LogP contribution in [0.4, 0.5) is 9.93 Å². The highest BCUT2D eigenvalue weighted by Crippen LogP contribution is 2.31. The van der Waals surface area contributed by atoms with Gasteiger partial charge in [-0.2, -0.15) is 11.8 Å². The summed E-state index contributed by atoms with van der Waals surface area (Å²) in [6.07, 6.45) is 2.29. The summed E-state index contributed by atoms with van der Waals surface area (Å²) >= 11 is 3.16. The Morgan fingerprint density at radius 2 is 2.00 bits per heavy atom. The highest BCUT2D eigenvalue weighted by molar-refractivity contribution is 7.99. The SMILES string of the molecule is O=C(Nc1nnc([C@@H]2CCCO2)s1)[C@@H](Cc1ccccc1)NC(=O)N1CCSCC1. The fourth-order valence-corrected chi connectivity index (χ4v) is 5.18. The number of rotatable bonds is 6. The third-order valence-electron chi connectivity index (χ3n) is 5.07. The molecule has 2 N–H and O–H groups in total. The van der Waals surface area contributed by atoms with E-state index in [0.29, 0.717) is 24.6 Å². The monoisotopic (exact) mass is 447 g/mol. The molecule has 1 aromatic heterocycles. The van der Waals surface area contributed by atoms with Crippen LogP contribution in [0.1, 0.15) is 29.5 Å². The van der Waals surface area contributed by atoms with Gasteiger partial charge in [0.1, 0.15) is 17.2 Å². The Morgan fingerprint density at radius 1 is 1.20 bits per heavy atom. The maximum atomic E-state index is 13.0. The van der Waals surface area contributed by atoms with Crippen LogP contribution in [-0.4, -0.2) is 64.3 Å². The predicted octanol–water partition coefficient (Wildman–Crippen LogP) is 2.70. The topological polar surface area (TPSA) is 96.5 Å². The molecule has 3 amide bonds. The van der Waals surface area contributed by atoms with Gasteiger partial charge in [0.25, 0.3) is 0 Å². The lowest BCUT2D eigenvalue weighted by molar-refractivity contribution is -0.118. The highest BCUT2D eigenvalue weighted by Gasteiger charge is 2.27. The molecule has 2 fully saturated rings. The van der Waals surface area contributed by atoms with E-state index < -0.39 is 6.04 Å². The van der Waals surface area contributed by atoms with Crippen LogP contribution in [-0.2, 0) is 16.0 Å². The molecule has 2 aliphatic rings. The van der Waals surface area contributed by atoms with E-state index in [0.717, 1.165) is 41.5 Å². The Bertz CT molecular complexity index is 851. The van der Waals surface area contributed by atoms with Crippen LogP contribution in [0.5, 0.6) is 0 Å². The Hall–Kier alpha value is -2.17. The number of aromatic nitrogens is 2. The van der Waals surface area contributed by atoms with Gasteiger partial charge in [-0.15, -0.1) is 10.2 Å². The molecule has 1 aromatic carbocycles. The maximum Gasteiger partial charge on any atom is 0.318 e. The molecular weight excluding hydrogens is 422 g/mol. The number of ether oxygens (including phenoxy) is 1. The van der Waals surface area contributed by atoms with Crippen molar-refractivity contribution in [1.29, 1.82) is 0 Å². The zero-order valence-corrected chi connectivity index (χ0v) is 18.2. The van der Waals surface area contributed by atoms with Gasteiger partial charge in [-0.3, -0.25) is 10.1 Å². The van der Waals surface area contributed by atoms with Gasteiger partial charge in [0.15, 0.2) is 0 Å². The summed E-state index contributed by atoms with van der Waals surface area (Å²) in [5, 5.41) is 15.2. The first-order valence-corrected chi connectivity index (χ1v) is 12.1. The number of benzene rings is 1. The Morgan fingerprint density at radius 3 is 2.73 bits per heavy atom. The van der Waals surface area contributed by atoms with Crippen molar-refractivity contribution in [3.63, 3.8) is 0 Å². The van der Waals surface area contributed by atoms with Crippen LogP contribution in [0, 0.1) is 0 Å². The van der Waals surface area contributed by atoms with E-state index >= 15 is 0 Å². The van der Waals surface area contributed by atoms with Gasteiger partial charge >= 0.3 is 6.03 Å². The molecular formula is C20H25N5O3S2. The van der Waals surface area contributed by atoms with Crippen molar-refractivity contribution >= 4 is 40.2 Å². The number of amides is 3. The minimum Gasteiger partial charge on any atom is -0.371 e. The van der Waals surface area contributed by atoms with Crippen molar-refractivity contribution in [3.05, 3.63) is 40.9 Å². The molecule has 2 atom stereocenters. The molecule has 10 heteroatoms. The van der Waals surface area contributed by atoms with Crippen molar-refractivity contribution in [2.24, 2.45) is 0 Å². The number of hydrogen-bond donors (Lipinski definition) is 2. The van der Waals surface area contributed by atoms with E-state index in [1.54, 1.807) is 4.90 Å². The van der Waals surface area contributed by atoms with Crippen LogP contribution >= 0.6 is 23.1 Å². The second kappa shape index (κ2) is 10.2. The summed E-state index contributed by atoms with van der Waals surface area (Å²) < 4.78 is 5.63. The average Bonchev–Trinajstić information content (AvgIpc) is 3.46. The molecule has 0 bridgehead atoms. The van der Waals surface area contributed by atoms with Crippen LogP contribution in [0.2, 0.25) is 0 Å². The Balaban J connectivity index is 1.43. The minimum atomic E-state index is -0.704. The first-order valence-electron chi connectivity index (χ1n) is 10.1. The van der Waals surface area contributed by atoms with E-state index in [2.05, 4.69) is 20.8 Å². The minimum absolute atomic E-state index is 0.0371. The summed E-state index contributed by atoms with van der Waals surface area (Å²) in [6.45, 7) is 2.11. The van der Waals surface area contributed by atoms with E-state index in [1.165, 1.54) is 11.3 Å². The fraction of sp³-hybridized carbons (Fsp3) is 0.500. The van der Waals surface area contributed by atoms with E-state index in [9.17, 15) is 9.59 Å². The standard InChI is InChI=1S/C20H25N5O3S2/c26-17(22-19-24-23-18(30-19)16-7-4-10-28-16)15(13-14-5-2-1-3-6-14)21-20(27)25-8-11-29-12-9-25/h1-3,5-6,15-16H,4,7-13H2,(H,21,27)(H,22,24,26)/t15-,16+/m1/s1. The third-order valence-corrected chi connectivity index (χ3v) is 6.94. The summed E-state index contributed by atoms with van der Waals surface area (Å²) in [7, 11) is 0. The predicted molar refractivity (Wildman–Crippen MR) is 118 cm³/mol. The number of carbonyl (C=O) groups excluding carboxylic acids is 2. The number of hydrogen-bond acceptors (Lipinski definition) is 7. The molecule has 2 aromatic rings. The van der Waals surface area contributed by atoms with E-state index in [-0.39, 0.29) is 18.0 Å². The Kier molecular flexibility index (Phi) is 7.19. The zero-order chi connectivity index (χ0) is 20.8. The van der Waals surface area contributed by atoms with Gasteiger partial charge in [-0.1, -0.05) is 41.7 Å². The number of thioether (sulfide) groups is 1. The summed E-state index contributed by atoms with van der Waals surface area (Å²) in [4.78, 5) is 27.5. The number of urea groups is 1. The fourth-order valence-electron chi connectivity index (χ4n) is 3.45.